The fourth-order valence-corrected chi connectivity index (χ4v) is 4.97. The molecule has 2 aliphatic heterocycles. The second-order valence-corrected chi connectivity index (χ2v) is 9.93. The van der Waals surface area contributed by atoms with E-state index in [9.17, 15) is 28.4 Å². The number of carbonyl (C=O) groups excluding carboxylic acids is 5. The maximum absolute atomic E-state index is 13.9. The summed E-state index contributed by atoms with van der Waals surface area (Å²) in [5.41, 5.74) is 1.20. The highest BCUT2D eigenvalue weighted by Crippen LogP contribution is 2.21. The van der Waals surface area contributed by atoms with Gasteiger partial charge in [0.1, 0.15) is 18.5 Å². The van der Waals surface area contributed by atoms with E-state index in [-0.39, 0.29) is 31.9 Å². The van der Waals surface area contributed by atoms with E-state index in [1.165, 1.54) is 11.0 Å². The summed E-state index contributed by atoms with van der Waals surface area (Å²) in [6, 6.07) is 13.1. The molecular formula is C29H33FN4O6. The molecule has 40 heavy (non-hydrogen) atoms. The number of ketones is 1. The Balaban J connectivity index is 1.37. The lowest BCUT2D eigenvalue weighted by Crippen LogP contribution is -2.54. The Morgan fingerprint density at radius 2 is 1.80 bits per heavy atom. The van der Waals surface area contributed by atoms with Gasteiger partial charge in [0.15, 0.2) is 0 Å². The van der Waals surface area contributed by atoms with Gasteiger partial charge < -0.3 is 20.7 Å². The predicted molar refractivity (Wildman–Crippen MR) is 142 cm³/mol. The van der Waals surface area contributed by atoms with Gasteiger partial charge in [0, 0.05) is 25.6 Å². The van der Waals surface area contributed by atoms with Gasteiger partial charge >= 0.3 is 6.09 Å². The van der Waals surface area contributed by atoms with Gasteiger partial charge in [0.25, 0.3) is 5.91 Å². The fraction of sp³-hybridized carbons (Fsp3) is 0.414. The molecule has 11 heteroatoms. The molecule has 4 amide bonds. The first-order valence-electron chi connectivity index (χ1n) is 13.4. The van der Waals surface area contributed by atoms with Crippen molar-refractivity contribution in [2.75, 3.05) is 19.6 Å². The molecule has 0 radical (unpaired) electrons. The number of hydrogen-bond acceptors (Lipinski definition) is 6. The number of nitrogens with zero attached hydrogens (tertiary/aromatic N) is 1. The number of nitrogens with one attached hydrogen (secondary N) is 3. The van der Waals surface area contributed by atoms with Crippen LogP contribution in [0, 0.1) is 11.7 Å². The summed E-state index contributed by atoms with van der Waals surface area (Å²) in [5.74, 6) is -3.65. The van der Waals surface area contributed by atoms with Gasteiger partial charge in [-0.25, -0.2) is 9.18 Å². The zero-order valence-corrected chi connectivity index (χ0v) is 22.1. The van der Waals surface area contributed by atoms with Crippen LogP contribution < -0.4 is 16.0 Å². The van der Waals surface area contributed by atoms with Gasteiger partial charge in [-0.15, -0.1) is 0 Å². The van der Waals surface area contributed by atoms with Crippen LogP contribution in [0.25, 0.3) is 0 Å². The highest BCUT2D eigenvalue weighted by Gasteiger charge is 2.39. The van der Waals surface area contributed by atoms with Crippen LogP contribution in [0.3, 0.4) is 0 Å². The first kappa shape index (κ1) is 28.7. The van der Waals surface area contributed by atoms with Gasteiger partial charge in [0.05, 0.1) is 6.04 Å². The normalized spacial score (nSPS) is 19.0. The minimum Gasteiger partial charge on any atom is -0.445 e. The summed E-state index contributed by atoms with van der Waals surface area (Å²) in [6.45, 7) is 0.817. The molecule has 3 atom stereocenters. The van der Waals surface area contributed by atoms with Crippen molar-refractivity contribution in [3.05, 3.63) is 71.5 Å². The molecule has 2 aromatic rings. The summed E-state index contributed by atoms with van der Waals surface area (Å²) < 4.78 is 19.3. The van der Waals surface area contributed by atoms with Gasteiger partial charge in [-0.1, -0.05) is 48.5 Å². The van der Waals surface area contributed by atoms with Crippen LogP contribution in [0.2, 0.25) is 0 Å². The van der Waals surface area contributed by atoms with E-state index in [1.807, 2.05) is 30.3 Å². The molecule has 10 nitrogen and oxygen atoms in total. The molecule has 0 spiro atoms. The average Bonchev–Trinajstić information content (AvgIpc) is 3.62. The van der Waals surface area contributed by atoms with E-state index in [1.54, 1.807) is 18.2 Å². The van der Waals surface area contributed by atoms with E-state index >= 15 is 0 Å². The summed E-state index contributed by atoms with van der Waals surface area (Å²) in [7, 11) is 0. The van der Waals surface area contributed by atoms with Crippen molar-refractivity contribution in [1.82, 2.24) is 20.9 Å². The van der Waals surface area contributed by atoms with Crippen LogP contribution in [-0.4, -0.2) is 66.2 Å². The smallest absolute Gasteiger partial charge is 0.410 e. The molecule has 2 aromatic carbocycles. The molecule has 0 aromatic heterocycles. The Hall–Kier alpha value is -4.28. The largest absolute Gasteiger partial charge is 0.445 e. The van der Waals surface area contributed by atoms with E-state index in [4.69, 9.17) is 4.74 Å². The number of halogens is 1. The second kappa shape index (κ2) is 13.7. The lowest BCUT2D eigenvalue weighted by Gasteiger charge is -2.26. The number of benzene rings is 2. The third-order valence-electron chi connectivity index (χ3n) is 7.17. The topological polar surface area (TPSA) is 134 Å². The molecule has 0 bridgehead atoms. The van der Waals surface area contributed by atoms with E-state index in [2.05, 4.69) is 16.0 Å². The van der Waals surface area contributed by atoms with Gasteiger partial charge in [-0.3, -0.25) is 24.1 Å². The minimum atomic E-state index is -1.27. The molecule has 212 valence electrons. The number of carbonyl (C=O) groups is 5. The van der Waals surface area contributed by atoms with E-state index < -0.39 is 47.5 Å². The van der Waals surface area contributed by atoms with Gasteiger partial charge in [-0.05, 0) is 49.3 Å². The zero-order valence-electron chi connectivity index (χ0n) is 22.1. The SMILES string of the molecule is O=C(NCCc1ccccc1F)C(=O)[C@H](C[C@@H]1CCNC1=O)NC(=O)[C@@H]1CCCN1C(=O)OCc1ccccc1. The van der Waals surface area contributed by atoms with Crippen molar-refractivity contribution < 1.29 is 33.1 Å². The van der Waals surface area contributed by atoms with Crippen LogP contribution in [0.1, 0.15) is 36.8 Å². The first-order chi connectivity index (χ1) is 19.3. The van der Waals surface area contributed by atoms with Crippen LogP contribution in [-0.2, 0) is 36.9 Å². The van der Waals surface area contributed by atoms with Crippen molar-refractivity contribution in [2.24, 2.45) is 5.92 Å². The molecule has 0 aliphatic carbocycles. The number of Topliss-reactive ketones (excluding diaryl/α,β-unsaturated/α-hetero) is 1. The molecule has 2 saturated heterocycles. The van der Waals surface area contributed by atoms with Crippen molar-refractivity contribution >= 4 is 29.6 Å². The summed E-state index contributed by atoms with van der Waals surface area (Å²) in [4.78, 5) is 65.4. The zero-order chi connectivity index (χ0) is 28.5. The van der Waals surface area contributed by atoms with Crippen molar-refractivity contribution in [3.8, 4) is 0 Å². The molecule has 0 unspecified atom stereocenters. The lowest BCUT2D eigenvalue weighted by molar-refractivity contribution is -0.141. The average molecular weight is 553 g/mol. The third-order valence-corrected chi connectivity index (χ3v) is 7.17. The molecule has 0 saturated carbocycles. The number of rotatable bonds is 11. The number of hydrogen-bond donors (Lipinski definition) is 3. The number of amides is 4. The Kier molecular flexibility index (Phi) is 9.82. The maximum Gasteiger partial charge on any atom is 0.410 e. The van der Waals surface area contributed by atoms with Gasteiger partial charge in [-0.2, -0.15) is 0 Å². The number of likely N-dealkylation sites (tertiary alicyclic amines) is 1. The summed E-state index contributed by atoms with van der Waals surface area (Å²) in [5, 5.41) is 7.80. The summed E-state index contributed by atoms with van der Waals surface area (Å²) in [6.07, 6.45) is 0.878. The molecule has 2 aliphatic rings. The Bertz CT molecular complexity index is 1240. The Morgan fingerprint density at radius 3 is 2.52 bits per heavy atom. The molecule has 2 heterocycles. The molecular weight excluding hydrogens is 519 g/mol. The van der Waals surface area contributed by atoms with E-state index in [0.29, 0.717) is 37.9 Å². The quantitative estimate of drug-likeness (QED) is 0.365. The van der Waals surface area contributed by atoms with Crippen molar-refractivity contribution in [3.63, 3.8) is 0 Å². The maximum atomic E-state index is 13.9. The predicted octanol–water partition coefficient (Wildman–Crippen LogP) is 1.87. The van der Waals surface area contributed by atoms with Gasteiger partial charge in [0.2, 0.25) is 17.6 Å². The Morgan fingerprint density at radius 1 is 1.05 bits per heavy atom. The number of ether oxygens (including phenoxy) is 1. The van der Waals surface area contributed by atoms with Crippen LogP contribution in [0.4, 0.5) is 9.18 Å². The monoisotopic (exact) mass is 552 g/mol. The highest BCUT2D eigenvalue weighted by atomic mass is 19.1. The van der Waals surface area contributed by atoms with Crippen LogP contribution in [0.15, 0.2) is 54.6 Å². The highest BCUT2D eigenvalue weighted by molar-refractivity contribution is 6.38. The standard InChI is InChI=1S/C29H33FN4O6/c30-22-10-5-4-9-20(22)12-14-32-28(38)25(35)23(17-21-13-15-31-26(21)36)33-27(37)24-11-6-16-34(24)29(39)40-18-19-7-2-1-3-8-19/h1-5,7-10,21,23-24H,6,11-18H2,(H,31,36)(H,32,38)(H,33,37)/t21-,23-,24-/m0/s1. The molecule has 3 N–H and O–H groups in total. The second-order valence-electron chi connectivity index (χ2n) is 9.93. The van der Waals surface area contributed by atoms with Crippen LogP contribution >= 0.6 is 0 Å². The molecule has 2 fully saturated rings. The van der Waals surface area contributed by atoms with Crippen molar-refractivity contribution in [1.29, 1.82) is 0 Å². The first-order valence-corrected chi connectivity index (χ1v) is 13.4. The third kappa shape index (κ3) is 7.43. The lowest BCUT2D eigenvalue weighted by atomic mass is 9.95. The molecule has 4 rings (SSSR count). The van der Waals surface area contributed by atoms with Crippen molar-refractivity contribution in [2.45, 2.75) is 50.8 Å². The fourth-order valence-electron chi connectivity index (χ4n) is 4.97. The Labute approximate surface area is 231 Å². The van der Waals surface area contributed by atoms with E-state index in [0.717, 1.165) is 5.56 Å². The summed E-state index contributed by atoms with van der Waals surface area (Å²) >= 11 is 0. The minimum absolute atomic E-state index is 0.0136. The van der Waals surface area contributed by atoms with Crippen LogP contribution in [0.5, 0.6) is 0 Å².